The van der Waals surface area contributed by atoms with Gasteiger partial charge in [-0.3, -0.25) is 4.79 Å². The average Bonchev–Trinajstić information content (AvgIpc) is 3.42. The monoisotopic (exact) mass is 488 g/mol. The maximum absolute atomic E-state index is 12.5. The molecule has 1 aromatic carbocycles. The number of carbonyl (C=O) groups excluding carboxylic acids is 1. The Hall–Kier alpha value is -3.39. The molecule has 1 aliphatic rings. The van der Waals surface area contributed by atoms with Crippen molar-refractivity contribution in [3.63, 3.8) is 0 Å². The molecule has 1 amide bonds. The number of carbonyl (C=O) groups is 1. The smallest absolute Gasteiger partial charge is 0.236 e. The van der Waals surface area contributed by atoms with Gasteiger partial charge in [0.05, 0.1) is 19.3 Å². The molecular formula is C28H36N6O2. The lowest BCUT2D eigenvalue weighted by Gasteiger charge is -2.33. The van der Waals surface area contributed by atoms with Crippen LogP contribution < -0.4 is 4.74 Å². The molecule has 0 bridgehead atoms. The highest BCUT2D eigenvalue weighted by Gasteiger charge is 2.25. The Balaban J connectivity index is 1.49. The third kappa shape index (κ3) is 4.46. The molecule has 1 N–H and O–H groups in total. The fourth-order valence-electron chi connectivity index (χ4n) is 5.50. The second kappa shape index (κ2) is 9.58. The zero-order valence-electron chi connectivity index (χ0n) is 22.1. The van der Waals surface area contributed by atoms with Crippen molar-refractivity contribution in [1.82, 2.24) is 29.4 Å². The van der Waals surface area contributed by atoms with Gasteiger partial charge in [0.15, 0.2) is 5.65 Å². The molecule has 0 atom stereocenters. The van der Waals surface area contributed by atoms with Crippen LogP contribution in [-0.2, 0) is 4.79 Å². The van der Waals surface area contributed by atoms with Crippen LogP contribution in [0.5, 0.6) is 5.88 Å². The molecule has 1 aliphatic heterocycles. The first-order chi connectivity index (χ1) is 17.2. The van der Waals surface area contributed by atoms with Gasteiger partial charge >= 0.3 is 0 Å². The molecule has 3 aromatic heterocycles. The first kappa shape index (κ1) is 24.3. The van der Waals surface area contributed by atoms with Gasteiger partial charge in [-0.2, -0.15) is 4.52 Å². The highest BCUT2D eigenvalue weighted by atomic mass is 16.5. The van der Waals surface area contributed by atoms with Gasteiger partial charge in [0.25, 0.3) is 0 Å². The van der Waals surface area contributed by atoms with Gasteiger partial charge in [-0.15, -0.1) is 5.10 Å². The second-order valence-corrected chi connectivity index (χ2v) is 10.5. The summed E-state index contributed by atoms with van der Waals surface area (Å²) in [6, 6.07) is 10.9. The molecule has 0 spiro atoms. The van der Waals surface area contributed by atoms with Crippen LogP contribution in [0, 0.1) is 6.92 Å². The second-order valence-electron chi connectivity index (χ2n) is 10.5. The molecule has 5 rings (SSSR count). The Labute approximate surface area is 212 Å². The summed E-state index contributed by atoms with van der Waals surface area (Å²) in [5.41, 5.74) is 6.70. The van der Waals surface area contributed by atoms with E-state index in [1.54, 1.807) is 11.6 Å². The molecule has 0 saturated carbocycles. The number of fused-ring (bicyclic) bond motifs is 2. The molecule has 190 valence electrons. The number of piperidine rings is 1. The first-order valence-electron chi connectivity index (χ1n) is 12.7. The van der Waals surface area contributed by atoms with E-state index >= 15 is 0 Å². The van der Waals surface area contributed by atoms with E-state index in [1.165, 1.54) is 16.5 Å². The number of methoxy groups -OCH3 is 1. The third-order valence-electron chi connectivity index (χ3n) is 7.22. The standard InChI is InChI=1S/C28H36N6O2/c1-17(2)27-22-13-20(19-9-11-33(12-10-19)25(35)16-32(4)5)7-8-23(22)30-28(27)21-14-24-29-18(3)31-34(24)26(15-21)36-6/h7-8,13-15,17,19,30H,9-12,16H2,1-6H3. The van der Waals surface area contributed by atoms with Crippen LogP contribution in [0.4, 0.5) is 0 Å². The molecule has 4 aromatic rings. The molecule has 8 nitrogen and oxygen atoms in total. The minimum absolute atomic E-state index is 0.224. The van der Waals surface area contributed by atoms with Crippen molar-refractivity contribution < 1.29 is 9.53 Å². The molecule has 1 saturated heterocycles. The zero-order valence-corrected chi connectivity index (χ0v) is 22.1. The van der Waals surface area contributed by atoms with Crippen molar-refractivity contribution in [2.75, 3.05) is 40.8 Å². The molecule has 36 heavy (non-hydrogen) atoms. The van der Waals surface area contributed by atoms with Gasteiger partial charge < -0.3 is 19.5 Å². The Bertz CT molecular complexity index is 1410. The van der Waals surface area contributed by atoms with Gasteiger partial charge in [0.1, 0.15) is 5.82 Å². The van der Waals surface area contributed by atoms with Crippen molar-refractivity contribution in [1.29, 1.82) is 0 Å². The topological polar surface area (TPSA) is 78.8 Å². The van der Waals surface area contributed by atoms with Crippen LogP contribution >= 0.6 is 0 Å². The summed E-state index contributed by atoms with van der Waals surface area (Å²) in [6.07, 6.45) is 2.00. The van der Waals surface area contributed by atoms with Crippen LogP contribution in [0.25, 0.3) is 27.8 Å². The summed E-state index contributed by atoms with van der Waals surface area (Å²) < 4.78 is 7.38. The van der Waals surface area contributed by atoms with Crippen molar-refractivity contribution in [3.8, 4) is 17.1 Å². The van der Waals surface area contributed by atoms with Crippen LogP contribution in [-0.4, -0.2) is 76.1 Å². The minimum Gasteiger partial charge on any atom is -0.481 e. The Morgan fingerprint density at radius 1 is 1.19 bits per heavy atom. The molecular weight excluding hydrogens is 452 g/mol. The summed E-state index contributed by atoms with van der Waals surface area (Å²) in [5, 5.41) is 5.72. The number of aryl methyl sites for hydroxylation is 1. The van der Waals surface area contributed by atoms with Gasteiger partial charge in [-0.1, -0.05) is 19.9 Å². The van der Waals surface area contributed by atoms with E-state index < -0.39 is 0 Å². The number of hydrogen-bond acceptors (Lipinski definition) is 5. The van der Waals surface area contributed by atoms with E-state index in [2.05, 4.69) is 53.2 Å². The van der Waals surface area contributed by atoms with Crippen molar-refractivity contribution in [2.45, 2.75) is 45.4 Å². The SMILES string of the molecule is COc1cc(-c2[nH]c3ccc(C4CCN(C(=O)CN(C)C)CC4)cc3c2C(C)C)cc2nc(C)nn12. The number of H-pyrrole nitrogens is 1. The number of aromatic nitrogens is 4. The quantitative estimate of drug-likeness (QED) is 0.430. The molecule has 0 radical (unpaired) electrons. The van der Waals surface area contributed by atoms with Crippen LogP contribution in [0.1, 0.15) is 55.5 Å². The number of amides is 1. The molecule has 4 heterocycles. The lowest BCUT2D eigenvalue weighted by molar-refractivity contribution is -0.132. The molecule has 1 fully saturated rings. The first-order valence-corrected chi connectivity index (χ1v) is 12.7. The summed E-state index contributed by atoms with van der Waals surface area (Å²) in [5.74, 6) is 2.39. The number of rotatable bonds is 6. The Kier molecular flexibility index (Phi) is 6.47. The van der Waals surface area contributed by atoms with Crippen molar-refractivity contribution in [2.24, 2.45) is 0 Å². The fraction of sp³-hybridized carbons (Fsp3) is 0.464. The highest BCUT2D eigenvalue weighted by molar-refractivity contribution is 5.92. The van der Waals surface area contributed by atoms with Gasteiger partial charge in [-0.25, -0.2) is 4.98 Å². The number of hydrogen-bond donors (Lipinski definition) is 1. The van der Waals surface area contributed by atoms with Gasteiger partial charge in [-0.05, 0) is 75.0 Å². The van der Waals surface area contributed by atoms with Crippen molar-refractivity contribution >= 4 is 22.5 Å². The minimum atomic E-state index is 0.224. The number of nitrogens with zero attached hydrogens (tertiary/aromatic N) is 5. The summed E-state index contributed by atoms with van der Waals surface area (Å²) in [7, 11) is 5.55. The fourth-order valence-corrected chi connectivity index (χ4v) is 5.50. The van der Waals surface area contributed by atoms with Gasteiger partial charge in [0, 0.05) is 35.6 Å². The summed E-state index contributed by atoms with van der Waals surface area (Å²) in [6.45, 7) is 8.49. The molecule has 0 aliphatic carbocycles. The van der Waals surface area contributed by atoms with E-state index in [1.807, 2.05) is 36.9 Å². The predicted octanol–water partition coefficient (Wildman–Crippen LogP) is 4.59. The average molecular weight is 489 g/mol. The maximum Gasteiger partial charge on any atom is 0.236 e. The van der Waals surface area contributed by atoms with E-state index in [-0.39, 0.29) is 5.91 Å². The number of benzene rings is 1. The van der Waals surface area contributed by atoms with Crippen molar-refractivity contribution in [3.05, 3.63) is 47.3 Å². The number of ether oxygens (including phenoxy) is 1. The van der Waals surface area contributed by atoms with Crippen LogP contribution in [0.2, 0.25) is 0 Å². The van der Waals surface area contributed by atoms with E-state index in [0.717, 1.165) is 48.4 Å². The number of aromatic amines is 1. The Morgan fingerprint density at radius 3 is 2.61 bits per heavy atom. The summed E-state index contributed by atoms with van der Waals surface area (Å²) >= 11 is 0. The number of nitrogens with one attached hydrogen (secondary N) is 1. The zero-order chi connectivity index (χ0) is 25.6. The molecule has 8 heteroatoms. The lowest BCUT2D eigenvalue weighted by Crippen LogP contribution is -2.42. The number of likely N-dealkylation sites (N-methyl/N-ethyl adjacent to an activating group) is 1. The van der Waals surface area contributed by atoms with E-state index in [0.29, 0.717) is 30.1 Å². The maximum atomic E-state index is 12.5. The van der Waals surface area contributed by atoms with Crippen LogP contribution in [0.3, 0.4) is 0 Å². The predicted molar refractivity (Wildman–Crippen MR) is 143 cm³/mol. The van der Waals surface area contributed by atoms with Gasteiger partial charge in [0.2, 0.25) is 11.8 Å². The summed E-state index contributed by atoms with van der Waals surface area (Å²) in [4.78, 5) is 24.7. The largest absolute Gasteiger partial charge is 0.481 e. The highest BCUT2D eigenvalue weighted by Crippen LogP contribution is 2.39. The van der Waals surface area contributed by atoms with E-state index in [4.69, 9.17) is 4.74 Å². The number of likely N-dealkylation sites (tertiary alicyclic amines) is 1. The van der Waals surface area contributed by atoms with Crippen LogP contribution in [0.15, 0.2) is 30.3 Å². The normalized spacial score (nSPS) is 15.1. The van der Waals surface area contributed by atoms with E-state index in [9.17, 15) is 4.79 Å². The number of pyridine rings is 1. The third-order valence-corrected chi connectivity index (χ3v) is 7.22. The Morgan fingerprint density at radius 2 is 1.94 bits per heavy atom. The molecule has 0 unspecified atom stereocenters. The lowest BCUT2D eigenvalue weighted by atomic mass is 9.87.